The second-order valence-corrected chi connectivity index (χ2v) is 3.55. The van der Waals surface area contributed by atoms with E-state index in [-0.39, 0.29) is 11.8 Å². The summed E-state index contributed by atoms with van der Waals surface area (Å²) in [5.74, 6) is -0.945. The van der Waals surface area contributed by atoms with Crippen LogP contribution in [0.2, 0.25) is 0 Å². The van der Waals surface area contributed by atoms with E-state index < -0.39 is 5.97 Å². The highest BCUT2D eigenvalue weighted by atomic mass is 16.7. The summed E-state index contributed by atoms with van der Waals surface area (Å²) in [5.41, 5.74) is 2.03. The summed E-state index contributed by atoms with van der Waals surface area (Å²) < 4.78 is 5.25. The van der Waals surface area contributed by atoms with Crippen molar-refractivity contribution in [2.75, 3.05) is 19.3 Å². The van der Waals surface area contributed by atoms with E-state index in [0.29, 0.717) is 6.42 Å². The van der Waals surface area contributed by atoms with Crippen LogP contribution in [0.25, 0.3) is 0 Å². The third-order valence-electron chi connectivity index (χ3n) is 2.69. The van der Waals surface area contributed by atoms with Crippen molar-refractivity contribution in [3.63, 3.8) is 0 Å². The van der Waals surface area contributed by atoms with Gasteiger partial charge in [-0.15, -0.1) is 0 Å². The highest BCUT2D eigenvalue weighted by Crippen LogP contribution is 2.33. The molecule has 0 aromatic heterocycles. The second kappa shape index (κ2) is 4.11. The molecule has 0 amide bonds. The molecular formula is C11H13NO4. The van der Waals surface area contributed by atoms with Gasteiger partial charge in [0.15, 0.2) is 6.23 Å². The lowest BCUT2D eigenvalue weighted by atomic mass is 10.1. The number of fused-ring (bicyclic) bond motifs is 1. The van der Waals surface area contributed by atoms with E-state index in [1.54, 1.807) is 30.4 Å². The zero-order valence-corrected chi connectivity index (χ0v) is 9.14. The van der Waals surface area contributed by atoms with Crippen molar-refractivity contribution in [2.45, 2.75) is 12.6 Å². The molecule has 1 aromatic carbocycles. The molecular weight excluding hydrogens is 210 g/mol. The molecule has 0 aliphatic carbocycles. The van der Waals surface area contributed by atoms with E-state index in [2.05, 4.69) is 0 Å². The van der Waals surface area contributed by atoms with Crippen molar-refractivity contribution in [1.82, 2.24) is 0 Å². The quantitative estimate of drug-likeness (QED) is 0.836. The predicted molar refractivity (Wildman–Crippen MR) is 57.4 cm³/mol. The summed E-state index contributed by atoms with van der Waals surface area (Å²) in [5, 5.41) is 10.5. The van der Waals surface area contributed by atoms with Crippen LogP contribution >= 0.6 is 0 Å². The molecule has 2 rings (SSSR count). The number of methoxy groups -OCH3 is 1. The van der Waals surface area contributed by atoms with Gasteiger partial charge in [-0.3, -0.25) is 4.84 Å². The number of aromatic carboxylic acids is 1. The summed E-state index contributed by atoms with van der Waals surface area (Å²) in [6.45, 7) is 0. The van der Waals surface area contributed by atoms with Crippen LogP contribution in [0.5, 0.6) is 0 Å². The summed E-state index contributed by atoms with van der Waals surface area (Å²) in [7, 11) is 3.13. The maximum Gasteiger partial charge on any atom is 0.335 e. The number of rotatable bonds is 3. The first-order valence-electron chi connectivity index (χ1n) is 4.89. The number of hydroxylamine groups is 1. The molecule has 0 saturated heterocycles. The molecule has 16 heavy (non-hydrogen) atoms. The highest BCUT2D eigenvalue weighted by molar-refractivity contribution is 5.89. The lowest BCUT2D eigenvalue weighted by Crippen LogP contribution is -2.32. The smallest absolute Gasteiger partial charge is 0.335 e. The first-order chi connectivity index (χ1) is 7.67. The van der Waals surface area contributed by atoms with Gasteiger partial charge >= 0.3 is 5.97 Å². The number of carboxylic acid groups (broad SMARTS) is 1. The van der Waals surface area contributed by atoms with Gasteiger partial charge in [-0.2, -0.15) is 0 Å². The van der Waals surface area contributed by atoms with E-state index in [1.807, 2.05) is 0 Å². The third-order valence-corrected chi connectivity index (χ3v) is 2.69. The maximum atomic E-state index is 10.9. The molecule has 0 fully saturated rings. The number of carbonyl (C=O) groups is 1. The number of hydrogen-bond acceptors (Lipinski definition) is 4. The summed E-state index contributed by atoms with van der Waals surface area (Å²) >= 11 is 0. The van der Waals surface area contributed by atoms with E-state index in [4.69, 9.17) is 14.7 Å². The molecule has 1 heterocycles. The molecule has 0 saturated carbocycles. The Bertz CT molecular complexity index is 418. The van der Waals surface area contributed by atoms with Gasteiger partial charge in [-0.1, -0.05) is 6.07 Å². The van der Waals surface area contributed by atoms with Crippen LogP contribution in [-0.2, 0) is 16.0 Å². The topological polar surface area (TPSA) is 59.0 Å². The van der Waals surface area contributed by atoms with Crippen molar-refractivity contribution in [2.24, 2.45) is 0 Å². The fourth-order valence-electron chi connectivity index (χ4n) is 1.90. The molecule has 1 unspecified atom stereocenters. The molecule has 1 aliphatic rings. The molecule has 0 spiro atoms. The molecule has 0 bridgehead atoms. The van der Waals surface area contributed by atoms with E-state index in [0.717, 1.165) is 11.3 Å². The Morgan fingerprint density at radius 1 is 1.50 bits per heavy atom. The molecule has 1 atom stereocenters. The van der Waals surface area contributed by atoms with Crippen LogP contribution in [0.15, 0.2) is 18.2 Å². The van der Waals surface area contributed by atoms with Crippen LogP contribution in [0.4, 0.5) is 5.69 Å². The Hall–Kier alpha value is -1.59. The van der Waals surface area contributed by atoms with Gasteiger partial charge in [-0.25, -0.2) is 9.86 Å². The zero-order chi connectivity index (χ0) is 11.7. The minimum atomic E-state index is -0.945. The van der Waals surface area contributed by atoms with E-state index >= 15 is 0 Å². The number of anilines is 1. The van der Waals surface area contributed by atoms with E-state index in [9.17, 15) is 4.79 Å². The number of ether oxygens (including phenoxy) is 1. The first kappa shape index (κ1) is 10.9. The second-order valence-electron chi connectivity index (χ2n) is 3.55. The summed E-state index contributed by atoms with van der Waals surface area (Å²) in [4.78, 5) is 16.0. The van der Waals surface area contributed by atoms with Gasteiger partial charge in [0.2, 0.25) is 0 Å². The van der Waals surface area contributed by atoms with E-state index in [1.165, 1.54) is 7.11 Å². The fourth-order valence-corrected chi connectivity index (χ4v) is 1.90. The molecule has 1 N–H and O–H groups in total. The van der Waals surface area contributed by atoms with Crippen LogP contribution in [0.1, 0.15) is 15.9 Å². The first-order valence-corrected chi connectivity index (χ1v) is 4.89. The average molecular weight is 223 g/mol. The molecule has 5 heteroatoms. The molecule has 1 aliphatic heterocycles. The van der Waals surface area contributed by atoms with Crippen molar-refractivity contribution in [1.29, 1.82) is 0 Å². The number of carboxylic acids is 1. The lowest BCUT2D eigenvalue weighted by molar-refractivity contribution is 0.0135. The average Bonchev–Trinajstić information content (AvgIpc) is 2.65. The monoisotopic (exact) mass is 223 g/mol. The van der Waals surface area contributed by atoms with Crippen molar-refractivity contribution in [3.05, 3.63) is 29.3 Å². The molecule has 0 radical (unpaired) electrons. The van der Waals surface area contributed by atoms with Crippen LogP contribution < -0.4 is 5.06 Å². The number of benzene rings is 1. The van der Waals surface area contributed by atoms with Crippen LogP contribution in [0.3, 0.4) is 0 Å². The van der Waals surface area contributed by atoms with Crippen molar-refractivity contribution < 1.29 is 19.5 Å². The highest BCUT2D eigenvalue weighted by Gasteiger charge is 2.30. The van der Waals surface area contributed by atoms with Gasteiger partial charge in [-0.05, 0) is 17.7 Å². The Labute approximate surface area is 93.1 Å². The Morgan fingerprint density at radius 2 is 2.25 bits per heavy atom. The van der Waals surface area contributed by atoms with Crippen molar-refractivity contribution in [3.8, 4) is 0 Å². The molecule has 5 nitrogen and oxygen atoms in total. The molecule has 1 aromatic rings. The number of nitrogens with zero attached hydrogens (tertiary/aromatic N) is 1. The lowest BCUT2D eigenvalue weighted by Gasteiger charge is -2.23. The SMILES string of the molecule is COC1Cc2ccc(C(=O)O)cc2N1OC. The van der Waals surface area contributed by atoms with Crippen molar-refractivity contribution >= 4 is 11.7 Å². The Morgan fingerprint density at radius 3 is 2.81 bits per heavy atom. The normalized spacial score (nSPS) is 18.6. The standard InChI is InChI=1S/C11H13NO4/c1-15-10-6-7-3-4-8(11(13)14)5-9(7)12(10)16-2/h3-5,10H,6H2,1-2H3,(H,13,14). The Kier molecular flexibility index (Phi) is 2.80. The van der Waals surface area contributed by atoms with Gasteiger partial charge in [0, 0.05) is 13.5 Å². The Balaban J connectivity index is 2.40. The van der Waals surface area contributed by atoms with Gasteiger partial charge in [0.25, 0.3) is 0 Å². The predicted octanol–water partition coefficient (Wildman–Crippen LogP) is 1.28. The third kappa shape index (κ3) is 1.64. The fraction of sp³-hybridized carbons (Fsp3) is 0.364. The minimum Gasteiger partial charge on any atom is -0.478 e. The van der Waals surface area contributed by atoms with Gasteiger partial charge in [0.1, 0.15) is 0 Å². The van der Waals surface area contributed by atoms with Gasteiger partial charge in [0.05, 0.1) is 18.4 Å². The zero-order valence-electron chi connectivity index (χ0n) is 9.14. The summed E-state index contributed by atoms with van der Waals surface area (Å²) in [6, 6.07) is 4.98. The molecule has 86 valence electrons. The minimum absolute atomic E-state index is 0.191. The maximum absolute atomic E-state index is 10.9. The van der Waals surface area contributed by atoms with Crippen LogP contribution in [-0.4, -0.2) is 31.5 Å². The largest absolute Gasteiger partial charge is 0.478 e. The summed E-state index contributed by atoms with van der Waals surface area (Å²) in [6.07, 6.45) is 0.503. The van der Waals surface area contributed by atoms with Crippen LogP contribution in [0, 0.1) is 0 Å². The van der Waals surface area contributed by atoms with Gasteiger partial charge < -0.3 is 9.84 Å². The number of hydrogen-bond donors (Lipinski definition) is 1.